The van der Waals surface area contributed by atoms with Gasteiger partial charge in [-0.15, -0.1) is 0 Å². The Labute approximate surface area is 269 Å². The number of carboxylic acid groups (broad SMARTS) is 1. The average molecular weight is 633 g/mol. The molecule has 2 aromatic carbocycles. The minimum Gasteiger partial charge on any atom is -0.490 e. The normalized spacial score (nSPS) is 12.5. The lowest BCUT2D eigenvalue weighted by molar-refractivity contribution is -0.122. The second kappa shape index (κ2) is 16.0. The summed E-state index contributed by atoms with van der Waals surface area (Å²) in [6.45, 7) is 15.9. The van der Waals surface area contributed by atoms with E-state index in [-0.39, 0.29) is 6.47 Å². The van der Waals surface area contributed by atoms with Crippen molar-refractivity contribution in [2.24, 2.45) is 4.99 Å². The summed E-state index contributed by atoms with van der Waals surface area (Å²) in [5.41, 5.74) is 6.50. The number of aromatic nitrogens is 3. The number of aliphatic hydroxyl groups is 1. The molecule has 244 valence electrons. The predicted octanol–water partition coefficient (Wildman–Crippen LogP) is 8.41. The molecule has 0 atom stereocenters. The first kappa shape index (κ1) is 35.8. The van der Waals surface area contributed by atoms with Gasteiger partial charge in [-0.2, -0.15) is 5.10 Å². The number of hydrogen-bond donors (Lipinski definition) is 2. The highest BCUT2D eigenvalue weighted by atomic mass is 19.1. The van der Waals surface area contributed by atoms with E-state index in [9.17, 15) is 4.39 Å². The summed E-state index contributed by atoms with van der Waals surface area (Å²) < 4.78 is 36.1. The van der Waals surface area contributed by atoms with Crippen molar-refractivity contribution >= 4 is 23.7 Å². The summed E-state index contributed by atoms with van der Waals surface area (Å²) in [5, 5.41) is 20.3. The lowest BCUT2D eigenvalue weighted by Crippen LogP contribution is -2.13. The largest absolute Gasteiger partial charge is 0.490 e. The van der Waals surface area contributed by atoms with Crippen molar-refractivity contribution < 1.29 is 28.5 Å². The summed E-state index contributed by atoms with van der Waals surface area (Å²) in [5.74, 6) is 0.168. The second-order valence-electron chi connectivity index (χ2n) is 11.9. The quantitative estimate of drug-likeness (QED) is 0.156. The van der Waals surface area contributed by atoms with Gasteiger partial charge in [-0.05, 0) is 83.2 Å². The van der Waals surface area contributed by atoms with Gasteiger partial charge >= 0.3 is 0 Å². The molecule has 10 heteroatoms. The molecule has 46 heavy (non-hydrogen) atoms. The zero-order valence-electron chi connectivity index (χ0n) is 27.3. The van der Waals surface area contributed by atoms with Crippen LogP contribution in [0.3, 0.4) is 0 Å². The molecule has 0 spiro atoms. The van der Waals surface area contributed by atoms with Gasteiger partial charge in [-0.3, -0.25) is 9.78 Å². The Morgan fingerprint density at radius 1 is 1.13 bits per heavy atom. The van der Waals surface area contributed by atoms with Crippen LogP contribution in [0.5, 0.6) is 5.75 Å². The zero-order chi connectivity index (χ0) is 34.0. The number of fused-ring (bicyclic) bond motifs is 1. The van der Waals surface area contributed by atoms with Crippen molar-refractivity contribution in [1.29, 1.82) is 0 Å². The molecule has 2 N–H and O–H groups in total. The van der Waals surface area contributed by atoms with Crippen LogP contribution in [0, 0.1) is 18.6 Å². The second-order valence-corrected chi connectivity index (χ2v) is 11.9. The maximum Gasteiger partial charge on any atom is 0.290 e. The summed E-state index contributed by atoms with van der Waals surface area (Å²) >= 11 is 0. The van der Waals surface area contributed by atoms with Gasteiger partial charge in [-0.25, -0.2) is 18.5 Å². The first-order valence-electron chi connectivity index (χ1n) is 15.1. The fourth-order valence-electron chi connectivity index (χ4n) is 4.90. The fourth-order valence-corrected chi connectivity index (χ4v) is 4.90. The van der Waals surface area contributed by atoms with E-state index in [1.165, 1.54) is 18.3 Å². The lowest BCUT2D eigenvalue weighted by atomic mass is 9.94. The molecule has 3 heterocycles. The Balaban J connectivity index is 0.000000647. The number of carbonyl (C=O) groups is 1. The Bertz CT molecular complexity index is 1700. The number of benzene rings is 2. The molecule has 1 aliphatic rings. The lowest BCUT2D eigenvalue weighted by Gasteiger charge is -2.22. The maximum atomic E-state index is 15.0. The van der Waals surface area contributed by atoms with Gasteiger partial charge in [0.1, 0.15) is 5.82 Å². The predicted molar refractivity (Wildman–Crippen MR) is 179 cm³/mol. The molecule has 0 fully saturated rings. The fraction of sp³-hybridized carbons (Fsp3) is 0.333. The molecule has 0 saturated carbocycles. The summed E-state index contributed by atoms with van der Waals surface area (Å²) in [6, 6.07) is 12.5. The molecule has 0 amide bonds. The van der Waals surface area contributed by atoms with Crippen LogP contribution < -0.4 is 4.74 Å². The maximum absolute atomic E-state index is 15.0. The first-order valence-corrected chi connectivity index (χ1v) is 15.1. The molecule has 4 aromatic rings. The van der Waals surface area contributed by atoms with Crippen LogP contribution >= 0.6 is 0 Å². The van der Waals surface area contributed by atoms with E-state index < -0.39 is 17.2 Å². The van der Waals surface area contributed by atoms with Crippen LogP contribution in [-0.2, 0) is 11.2 Å². The van der Waals surface area contributed by atoms with E-state index in [1.807, 2.05) is 44.2 Å². The standard InChI is InChI=1S/C31H30F2N4O.C4H10O.CH2O2/c1-5-8-19(2)35-30-16-29(23-10-6-9-22(13-23)24-14-25(32)18-34-17-24)36-37(30)21(4)27-15-28(33)31-26(20(27)3)11-7-12-38-31;1-4(2,3)5;2-1-3/h6,9-10,13-18H,4-5,7-8,11-12H2,1-3H3;5H,1-3H3;1H,(H,2,3)/b35-19-;;. The van der Waals surface area contributed by atoms with Crippen LogP contribution in [-0.4, -0.2) is 49.4 Å². The number of rotatable bonds is 7. The zero-order valence-corrected chi connectivity index (χ0v) is 27.3. The average Bonchev–Trinajstić information content (AvgIpc) is 3.42. The molecule has 0 bridgehead atoms. The van der Waals surface area contributed by atoms with Gasteiger partial charge in [0.15, 0.2) is 17.4 Å². The highest BCUT2D eigenvalue weighted by Crippen LogP contribution is 2.37. The molecular formula is C36H42F2N4O4. The number of hydrogen-bond acceptors (Lipinski definition) is 6. The third kappa shape index (κ3) is 9.65. The van der Waals surface area contributed by atoms with Crippen molar-refractivity contribution in [3.05, 3.63) is 89.8 Å². The minimum absolute atomic E-state index is 0.250. The van der Waals surface area contributed by atoms with Gasteiger partial charge in [-0.1, -0.05) is 38.1 Å². The minimum atomic E-state index is -0.500. The highest BCUT2D eigenvalue weighted by Gasteiger charge is 2.23. The monoisotopic (exact) mass is 632 g/mol. The van der Waals surface area contributed by atoms with E-state index in [0.29, 0.717) is 40.7 Å². The molecule has 0 saturated heterocycles. The highest BCUT2D eigenvalue weighted by molar-refractivity contribution is 5.85. The molecule has 8 nitrogen and oxygen atoms in total. The van der Waals surface area contributed by atoms with E-state index in [1.54, 1.807) is 31.6 Å². The van der Waals surface area contributed by atoms with Crippen LogP contribution in [0.4, 0.5) is 14.6 Å². The van der Waals surface area contributed by atoms with Gasteiger partial charge in [0.05, 0.1) is 29.8 Å². The number of halogens is 2. The summed E-state index contributed by atoms with van der Waals surface area (Å²) in [4.78, 5) is 17.2. The topological polar surface area (TPSA) is 110 Å². The number of aliphatic imine (C=N–C) groups is 1. The van der Waals surface area contributed by atoms with E-state index >= 15 is 4.39 Å². The molecule has 0 aliphatic carbocycles. The van der Waals surface area contributed by atoms with Gasteiger partial charge in [0.25, 0.3) is 6.47 Å². The van der Waals surface area contributed by atoms with Gasteiger partial charge in [0.2, 0.25) is 0 Å². The van der Waals surface area contributed by atoms with Crippen molar-refractivity contribution in [3.8, 4) is 28.1 Å². The van der Waals surface area contributed by atoms with Crippen LogP contribution in [0.25, 0.3) is 28.1 Å². The number of nitrogens with zero attached hydrogens (tertiary/aromatic N) is 4. The van der Waals surface area contributed by atoms with Crippen molar-refractivity contribution in [3.63, 3.8) is 0 Å². The molecule has 2 aromatic heterocycles. The smallest absolute Gasteiger partial charge is 0.290 e. The first-order chi connectivity index (χ1) is 21.8. The number of pyridine rings is 1. The third-order valence-electron chi connectivity index (χ3n) is 6.81. The Hall–Kier alpha value is -4.70. The summed E-state index contributed by atoms with van der Waals surface area (Å²) in [7, 11) is 0. The van der Waals surface area contributed by atoms with Gasteiger partial charge < -0.3 is 14.9 Å². The van der Waals surface area contributed by atoms with Crippen molar-refractivity contribution in [2.75, 3.05) is 6.61 Å². The Morgan fingerprint density at radius 3 is 2.46 bits per heavy atom. The van der Waals surface area contributed by atoms with Crippen molar-refractivity contribution in [2.45, 2.75) is 72.8 Å². The Morgan fingerprint density at radius 2 is 1.80 bits per heavy atom. The van der Waals surface area contributed by atoms with E-state index in [0.717, 1.165) is 53.6 Å². The van der Waals surface area contributed by atoms with Crippen LogP contribution in [0.2, 0.25) is 0 Å². The molecular weight excluding hydrogens is 590 g/mol. The van der Waals surface area contributed by atoms with E-state index in [2.05, 4.69) is 18.5 Å². The van der Waals surface area contributed by atoms with E-state index in [4.69, 9.17) is 29.8 Å². The Kier molecular flexibility index (Phi) is 12.5. The van der Waals surface area contributed by atoms with Crippen molar-refractivity contribution in [1.82, 2.24) is 14.8 Å². The van der Waals surface area contributed by atoms with Crippen LogP contribution in [0.15, 0.2) is 66.4 Å². The molecule has 1 aliphatic heterocycles. The molecule has 5 rings (SSSR count). The molecule has 0 unspecified atom stereocenters. The van der Waals surface area contributed by atoms with Gasteiger partial charge in [0, 0.05) is 40.2 Å². The molecule has 0 radical (unpaired) electrons. The number of ether oxygens (including phenoxy) is 1. The van der Waals surface area contributed by atoms with Crippen LogP contribution in [0.1, 0.15) is 70.6 Å². The SMILES string of the molecule is C=C(c1cc(F)c2c(c1C)CCCO2)n1nc(-c2cccc(-c3cncc(F)c3)c2)cc1/N=C(/C)CCC.CC(C)(C)O.O=CO. The summed E-state index contributed by atoms with van der Waals surface area (Å²) in [6.07, 6.45) is 6.23. The third-order valence-corrected chi connectivity index (χ3v) is 6.81.